The molecule has 18 heteroatoms. The molecule has 0 radical (unpaired) electrons. The molecule has 6 atom stereocenters. The molecular weight excluding hydrogens is 927 g/mol. The standard InChI is InChI=1S/C51H54Cl2N6O10/c1-51-21-20-35-34-17-15-33(24-31(34)12-16-36(35)37(51)18-19-42(51)60)68-28-46(64)59-41(23-30-10-13-32(14-11-30)69-50(67)47-38(52)8-5-9-39(47)53)49(66)57-26-44(62)55-27-45(63)58-40(48(65)56-25-43(54)61)22-29-6-3-2-4-7-29/h2-11,13-15,17,24,35-37,40-41H,12,16,18-23,25-28H2,1H3,(H2,54,61)(H,55,62)(H,56,65)(H,57,66)(H,58,63)(H,59,64)/t35-,36-,37+,40+,41+,51+/m1/s1. The largest absolute Gasteiger partial charge is 0.484 e. The Morgan fingerprint density at radius 2 is 1.32 bits per heavy atom. The second-order valence-corrected chi connectivity index (χ2v) is 18.7. The highest BCUT2D eigenvalue weighted by molar-refractivity contribution is 6.39. The van der Waals surface area contributed by atoms with Gasteiger partial charge in [-0.05, 0) is 109 Å². The molecular formula is C51H54Cl2N6O10. The first-order valence-corrected chi connectivity index (χ1v) is 23.6. The smallest absolute Gasteiger partial charge is 0.346 e. The van der Waals surface area contributed by atoms with Gasteiger partial charge in [0.15, 0.2) is 6.61 Å². The zero-order valence-electron chi connectivity index (χ0n) is 37.9. The number of benzene rings is 4. The van der Waals surface area contributed by atoms with Crippen LogP contribution in [0.5, 0.6) is 11.5 Å². The number of hydrogen-bond donors (Lipinski definition) is 6. The molecule has 0 spiro atoms. The van der Waals surface area contributed by atoms with E-state index in [1.165, 1.54) is 29.8 Å². The third-order valence-electron chi connectivity index (χ3n) is 13.4. The lowest BCUT2D eigenvalue weighted by atomic mass is 9.55. The fourth-order valence-electron chi connectivity index (χ4n) is 9.93. The molecule has 362 valence electrons. The number of rotatable bonds is 19. The zero-order chi connectivity index (χ0) is 49.2. The predicted molar refractivity (Wildman–Crippen MR) is 255 cm³/mol. The maximum atomic E-state index is 13.7. The number of nitrogens with one attached hydrogen (secondary N) is 5. The van der Waals surface area contributed by atoms with Gasteiger partial charge in [0.2, 0.25) is 29.5 Å². The van der Waals surface area contributed by atoms with Crippen LogP contribution in [-0.4, -0.2) is 85.5 Å². The Labute approximate surface area is 409 Å². The van der Waals surface area contributed by atoms with E-state index in [1.807, 2.05) is 12.1 Å². The summed E-state index contributed by atoms with van der Waals surface area (Å²) < 4.78 is 11.4. The molecule has 2 fully saturated rings. The lowest BCUT2D eigenvalue weighted by Gasteiger charge is -2.48. The number of ether oxygens (including phenoxy) is 2. The van der Waals surface area contributed by atoms with Crippen LogP contribution in [0.25, 0.3) is 0 Å². The summed E-state index contributed by atoms with van der Waals surface area (Å²) in [6, 6.07) is 23.2. The minimum Gasteiger partial charge on any atom is -0.484 e. The van der Waals surface area contributed by atoms with Crippen molar-refractivity contribution < 1.29 is 47.8 Å². The Hall–Kier alpha value is -6.78. The maximum absolute atomic E-state index is 13.7. The summed E-state index contributed by atoms with van der Waals surface area (Å²) in [6.45, 7) is 0.169. The molecule has 0 saturated heterocycles. The van der Waals surface area contributed by atoms with Gasteiger partial charge in [0.05, 0.1) is 35.2 Å². The number of hydrogen-bond acceptors (Lipinski definition) is 10. The van der Waals surface area contributed by atoms with E-state index in [0.717, 1.165) is 43.2 Å². The van der Waals surface area contributed by atoms with Crippen LogP contribution in [0.4, 0.5) is 0 Å². The summed E-state index contributed by atoms with van der Waals surface area (Å²) in [4.78, 5) is 103. The number of carbonyl (C=O) groups excluding carboxylic acids is 8. The van der Waals surface area contributed by atoms with Crippen LogP contribution < -0.4 is 41.8 Å². The molecule has 6 amide bonds. The van der Waals surface area contributed by atoms with Crippen LogP contribution in [0.2, 0.25) is 10.0 Å². The van der Waals surface area contributed by atoms with E-state index < -0.39 is 79.7 Å². The van der Waals surface area contributed by atoms with Crippen LogP contribution >= 0.6 is 23.2 Å². The number of ketones is 1. The molecule has 2 saturated carbocycles. The van der Waals surface area contributed by atoms with E-state index in [-0.39, 0.29) is 39.6 Å². The number of aryl methyl sites for hydroxylation is 1. The van der Waals surface area contributed by atoms with Crippen LogP contribution in [0.3, 0.4) is 0 Å². The van der Waals surface area contributed by atoms with Crippen molar-refractivity contribution in [3.63, 3.8) is 0 Å². The number of Topliss-reactive ketones (excluding diaryl/α,β-unsaturated/α-hetero) is 1. The topological polar surface area (TPSA) is 241 Å². The number of fused-ring (bicyclic) bond motifs is 5. The third kappa shape index (κ3) is 12.7. The van der Waals surface area contributed by atoms with Crippen LogP contribution in [0.1, 0.15) is 77.6 Å². The molecule has 3 aliphatic rings. The zero-order valence-corrected chi connectivity index (χ0v) is 39.5. The van der Waals surface area contributed by atoms with Crippen molar-refractivity contribution in [2.45, 2.75) is 76.3 Å². The Morgan fingerprint density at radius 1 is 0.696 bits per heavy atom. The maximum Gasteiger partial charge on any atom is 0.346 e. The van der Waals surface area contributed by atoms with Gasteiger partial charge in [-0.3, -0.25) is 33.6 Å². The SMILES string of the molecule is C[C@]12CC[C@@H]3c4ccc(OCC(=O)N[C@@H](Cc5ccc(OC(=O)c6c(Cl)cccc6Cl)cc5)C(=O)NCC(=O)NCC(=O)N[C@@H](Cc5ccccc5)C(=O)NCC(N)=O)cc4CC[C@H]3[C@@H]1CCC2=O. The number of esters is 1. The Morgan fingerprint density at radius 3 is 2.00 bits per heavy atom. The minimum absolute atomic E-state index is 0.00331. The first-order valence-electron chi connectivity index (χ1n) is 22.8. The summed E-state index contributed by atoms with van der Waals surface area (Å²) in [5, 5.41) is 12.8. The van der Waals surface area contributed by atoms with Crippen molar-refractivity contribution in [2.75, 3.05) is 26.2 Å². The molecule has 0 aromatic heterocycles. The fourth-order valence-corrected chi connectivity index (χ4v) is 10.5. The first-order chi connectivity index (χ1) is 33.1. The summed E-state index contributed by atoms with van der Waals surface area (Å²) in [7, 11) is 0. The van der Waals surface area contributed by atoms with Gasteiger partial charge >= 0.3 is 5.97 Å². The van der Waals surface area contributed by atoms with E-state index >= 15 is 0 Å². The van der Waals surface area contributed by atoms with Gasteiger partial charge in [0, 0.05) is 24.7 Å². The summed E-state index contributed by atoms with van der Waals surface area (Å²) in [5.41, 5.74) is 8.66. The molecule has 4 aromatic rings. The molecule has 3 aliphatic carbocycles. The molecule has 0 unspecified atom stereocenters. The van der Waals surface area contributed by atoms with E-state index in [1.54, 1.807) is 48.5 Å². The van der Waals surface area contributed by atoms with Crippen molar-refractivity contribution >= 4 is 70.4 Å². The molecule has 7 rings (SSSR count). The molecule has 0 heterocycles. The average molecular weight is 982 g/mol. The number of carbonyl (C=O) groups is 8. The molecule has 16 nitrogen and oxygen atoms in total. The molecule has 7 N–H and O–H groups in total. The normalized spacial score (nSPS) is 19.8. The summed E-state index contributed by atoms with van der Waals surface area (Å²) in [5.74, 6) is -2.69. The summed E-state index contributed by atoms with van der Waals surface area (Å²) >= 11 is 12.4. The third-order valence-corrected chi connectivity index (χ3v) is 14.0. The first kappa shape index (κ1) is 50.1. The van der Waals surface area contributed by atoms with Crippen molar-refractivity contribution in [1.29, 1.82) is 0 Å². The van der Waals surface area contributed by atoms with Crippen molar-refractivity contribution in [3.8, 4) is 11.5 Å². The van der Waals surface area contributed by atoms with E-state index in [4.69, 9.17) is 38.4 Å². The Bertz CT molecular complexity index is 2590. The van der Waals surface area contributed by atoms with Crippen molar-refractivity contribution in [3.05, 3.63) is 129 Å². The molecule has 0 aliphatic heterocycles. The van der Waals surface area contributed by atoms with Gasteiger partial charge in [-0.1, -0.05) is 84.7 Å². The van der Waals surface area contributed by atoms with Gasteiger partial charge < -0.3 is 41.8 Å². The lowest BCUT2D eigenvalue weighted by Crippen LogP contribution is -2.53. The molecule has 0 bridgehead atoms. The highest BCUT2D eigenvalue weighted by atomic mass is 35.5. The van der Waals surface area contributed by atoms with Crippen LogP contribution in [0.15, 0.2) is 91.0 Å². The number of primary amides is 1. The second kappa shape index (κ2) is 22.6. The second-order valence-electron chi connectivity index (χ2n) is 17.9. The van der Waals surface area contributed by atoms with Gasteiger partial charge in [0.1, 0.15) is 29.4 Å². The Balaban J connectivity index is 0.963. The average Bonchev–Trinajstić information content (AvgIpc) is 3.64. The van der Waals surface area contributed by atoms with Crippen LogP contribution in [-0.2, 0) is 52.8 Å². The van der Waals surface area contributed by atoms with Gasteiger partial charge in [-0.25, -0.2) is 4.79 Å². The highest BCUT2D eigenvalue weighted by Gasteiger charge is 2.54. The van der Waals surface area contributed by atoms with Crippen molar-refractivity contribution in [2.24, 2.45) is 23.0 Å². The van der Waals surface area contributed by atoms with E-state index in [0.29, 0.717) is 41.3 Å². The van der Waals surface area contributed by atoms with Crippen LogP contribution in [0, 0.1) is 17.3 Å². The van der Waals surface area contributed by atoms with Crippen molar-refractivity contribution in [1.82, 2.24) is 26.6 Å². The van der Waals surface area contributed by atoms with Gasteiger partial charge in [-0.2, -0.15) is 0 Å². The number of amides is 6. The summed E-state index contributed by atoms with van der Waals surface area (Å²) in [6.07, 6.45) is 5.33. The fraction of sp³-hybridized carbons (Fsp3) is 0.373. The monoisotopic (exact) mass is 980 g/mol. The Kier molecular flexibility index (Phi) is 16.4. The van der Waals surface area contributed by atoms with Gasteiger partial charge in [0.25, 0.3) is 5.91 Å². The number of halogens is 2. The predicted octanol–water partition coefficient (Wildman–Crippen LogP) is 4.31. The van der Waals surface area contributed by atoms with Gasteiger partial charge in [-0.15, -0.1) is 0 Å². The highest BCUT2D eigenvalue weighted by Crippen LogP contribution is 2.59. The molecule has 69 heavy (non-hydrogen) atoms. The minimum atomic E-state index is -1.22. The van der Waals surface area contributed by atoms with E-state index in [2.05, 4.69) is 39.6 Å². The molecule has 4 aromatic carbocycles. The van der Waals surface area contributed by atoms with E-state index in [9.17, 15) is 38.4 Å². The quantitative estimate of drug-likeness (QED) is 0.0575. The lowest BCUT2D eigenvalue weighted by molar-refractivity contribution is -0.131. The number of nitrogens with two attached hydrogens (primary N) is 1.